The van der Waals surface area contributed by atoms with Gasteiger partial charge in [-0.15, -0.1) is 6.58 Å². The highest BCUT2D eigenvalue weighted by atomic mass is 16.5. The molecular weight excluding hydrogens is 300 g/mol. The largest absolute Gasteiger partial charge is 0.491 e. The van der Waals surface area contributed by atoms with Crippen molar-refractivity contribution in [2.45, 2.75) is 26.4 Å². The van der Waals surface area contributed by atoms with Crippen LogP contribution in [-0.4, -0.2) is 16.1 Å². The first-order valence-electron chi connectivity index (χ1n) is 7.98. The highest BCUT2D eigenvalue weighted by Crippen LogP contribution is 2.26. The fourth-order valence-corrected chi connectivity index (χ4v) is 2.63. The normalized spacial score (nSPS) is 11.0. The summed E-state index contributed by atoms with van der Waals surface area (Å²) in [4.78, 5) is 19.7. The van der Waals surface area contributed by atoms with Gasteiger partial charge in [0.15, 0.2) is 0 Å². The van der Waals surface area contributed by atoms with Crippen LogP contribution in [0.2, 0.25) is 0 Å². The predicted octanol–water partition coefficient (Wildman–Crippen LogP) is 4.11. The summed E-state index contributed by atoms with van der Waals surface area (Å²) in [5, 5.41) is 0.590. The Morgan fingerprint density at radius 3 is 2.79 bits per heavy atom. The molecule has 4 heteroatoms. The van der Waals surface area contributed by atoms with Gasteiger partial charge in [0.2, 0.25) is 0 Å². The van der Waals surface area contributed by atoms with Gasteiger partial charge in [0.05, 0.1) is 17.0 Å². The Morgan fingerprint density at radius 1 is 1.25 bits per heavy atom. The number of hydrogen-bond donors (Lipinski definition) is 1. The summed E-state index contributed by atoms with van der Waals surface area (Å²) in [5.74, 6) is 1.39. The van der Waals surface area contributed by atoms with E-state index in [9.17, 15) is 4.79 Å². The standard InChI is InChI=1S/C20H20N2O2/c1-4-7-14-12-15(10-11-18(14)24-13(2)3)19-21-17-9-6-5-8-16(17)20(23)22-19/h4-6,8-13H,1,7H2,2-3H3,(H,21,22,23). The van der Waals surface area contributed by atoms with Gasteiger partial charge in [-0.1, -0.05) is 18.2 Å². The molecule has 122 valence electrons. The fraction of sp³-hybridized carbons (Fsp3) is 0.200. The van der Waals surface area contributed by atoms with Crippen LogP contribution in [-0.2, 0) is 6.42 Å². The van der Waals surface area contributed by atoms with E-state index in [1.54, 1.807) is 6.07 Å². The third-order valence-corrected chi connectivity index (χ3v) is 3.67. The van der Waals surface area contributed by atoms with E-state index in [0.29, 0.717) is 23.1 Å². The first kappa shape index (κ1) is 16.0. The van der Waals surface area contributed by atoms with E-state index >= 15 is 0 Å². The molecule has 0 aliphatic rings. The molecular formula is C20H20N2O2. The van der Waals surface area contributed by atoms with E-state index < -0.39 is 0 Å². The third-order valence-electron chi connectivity index (χ3n) is 3.67. The average molecular weight is 320 g/mol. The minimum atomic E-state index is -0.136. The van der Waals surface area contributed by atoms with Crippen molar-refractivity contribution in [1.29, 1.82) is 0 Å². The van der Waals surface area contributed by atoms with Crippen molar-refractivity contribution in [1.82, 2.24) is 9.97 Å². The van der Waals surface area contributed by atoms with Crippen molar-refractivity contribution in [2.24, 2.45) is 0 Å². The van der Waals surface area contributed by atoms with Crippen molar-refractivity contribution in [3.63, 3.8) is 0 Å². The van der Waals surface area contributed by atoms with Gasteiger partial charge in [-0.25, -0.2) is 4.98 Å². The first-order chi connectivity index (χ1) is 11.6. The predicted molar refractivity (Wildman–Crippen MR) is 97.5 cm³/mol. The Morgan fingerprint density at radius 2 is 2.04 bits per heavy atom. The SMILES string of the molecule is C=CCc1cc(-c2nc3ccccc3c(=O)[nH]2)ccc1OC(C)C. The number of nitrogens with zero attached hydrogens (tertiary/aromatic N) is 1. The first-order valence-corrected chi connectivity index (χ1v) is 7.98. The van der Waals surface area contributed by atoms with Crippen LogP contribution in [0.3, 0.4) is 0 Å². The van der Waals surface area contributed by atoms with Crippen LogP contribution in [0.5, 0.6) is 5.75 Å². The summed E-state index contributed by atoms with van der Waals surface area (Å²) in [5.41, 5.74) is 2.42. The number of hydrogen-bond acceptors (Lipinski definition) is 3. The number of fused-ring (bicyclic) bond motifs is 1. The molecule has 4 nitrogen and oxygen atoms in total. The summed E-state index contributed by atoms with van der Waals surface area (Å²) in [6, 6.07) is 13.1. The third kappa shape index (κ3) is 3.23. The van der Waals surface area contributed by atoms with Gasteiger partial charge in [0, 0.05) is 5.56 Å². The zero-order chi connectivity index (χ0) is 17.1. The second kappa shape index (κ2) is 6.71. The molecule has 2 aromatic carbocycles. The Balaban J connectivity index is 2.10. The zero-order valence-electron chi connectivity index (χ0n) is 13.9. The van der Waals surface area contributed by atoms with Crippen molar-refractivity contribution < 1.29 is 4.74 Å². The van der Waals surface area contributed by atoms with Gasteiger partial charge in [-0.3, -0.25) is 4.79 Å². The Labute approximate surface area is 140 Å². The molecule has 0 saturated heterocycles. The fourth-order valence-electron chi connectivity index (χ4n) is 2.63. The molecule has 0 amide bonds. The van der Waals surface area contributed by atoms with Crippen LogP contribution in [0.15, 0.2) is 59.9 Å². The molecule has 0 atom stereocenters. The molecule has 1 aromatic heterocycles. The second-order valence-corrected chi connectivity index (χ2v) is 5.91. The molecule has 0 fully saturated rings. The van der Waals surface area contributed by atoms with E-state index in [2.05, 4.69) is 16.5 Å². The molecule has 24 heavy (non-hydrogen) atoms. The van der Waals surface area contributed by atoms with Gasteiger partial charge in [-0.05, 0) is 56.2 Å². The number of ether oxygens (including phenoxy) is 1. The molecule has 1 heterocycles. The lowest BCUT2D eigenvalue weighted by molar-refractivity contribution is 0.240. The number of nitrogens with one attached hydrogen (secondary N) is 1. The Kier molecular flexibility index (Phi) is 4.47. The number of benzene rings is 2. The minimum absolute atomic E-state index is 0.0954. The minimum Gasteiger partial charge on any atom is -0.491 e. The van der Waals surface area contributed by atoms with E-state index in [-0.39, 0.29) is 11.7 Å². The molecule has 3 aromatic rings. The van der Waals surface area contributed by atoms with E-state index in [0.717, 1.165) is 16.9 Å². The summed E-state index contributed by atoms with van der Waals surface area (Å²) >= 11 is 0. The smallest absolute Gasteiger partial charge is 0.259 e. The molecule has 3 rings (SSSR count). The second-order valence-electron chi connectivity index (χ2n) is 5.91. The summed E-state index contributed by atoms with van der Waals surface area (Å²) in [7, 11) is 0. The van der Waals surface area contributed by atoms with Gasteiger partial charge in [-0.2, -0.15) is 0 Å². The van der Waals surface area contributed by atoms with Gasteiger partial charge < -0.3 is 9.72 Å². The molecule has 0 aliphatic carbocycles. The van der Waals surface area contributed by atoms with E-state index in [1.807, 2.05) is 56.3 Å². The maximum Gasteiger partial charge on any atom is 0.259 e. The number of aromatic amines is 1. The van der Waals surface area contributed by atoms with Crippen LogP contribution < -0.4 is 10.3 Å². The van der Waals surface area contributed by atoms with Crippen molar-refractivity contribution >= 4 is 10.9 Å². The number of allylic oxidation sites excluding steroid dienone is 1. The molecule has 0 radical (unpaired) electrons. The summed E-state index contributed by atoms with van der Waals surface area (Å²) in [6.07, 6.45) is 2.62. The van der Waals surface area contributed by atoms with Crippen LogP contribution in [0.25, 0.3) is 22.3 Å². The molecule has 0 saturated carbocycles. The monoisotopic (exact) mass is 320 g/mol. The van der Waals surface area contributed by atoms with E-state index in [4.69, 9.17) is 4.74 Å². The number of para-hydroxylation sites is 1. The average Bonchev–Trinajstić information content (AvgIpc) is 2.56. The number of rotatable bonds is 5. The Hall–Kier alpha value is -2.88. The van der Waals surface area contributed by atoms with Gasteiger partial charge in [0.1, 0.15) is 11.6 Å². The van der Waals surface area contributed by atoms with Crippen molar-refractivity contribution in [2.75, 3.05) is 0 Å². The number of H-pyrrole nitrogens is 1. The lowest BCUT2D eigenvalue weighted by atomic mass is 10.1. The molecule has 0 unspecified atom stereocenters. The van der Waals surface area contributed by atoms with Crippen molar-refractivity contribution in [3.8, 4) is 17.1 Å². The summed E-state index contributed by atoms with van der Waals surface area (Å²) < 4.78 is 5.84. The maximum atomic E-state index is 12.3. The highest BCUT2D eigenvalue weighted by molar-refractivity contribution is 5.79. The van der Waals surface area contributed by atoms with Crippen molar-refractivity contribution in [3.05, 3.63) is 71.0 Å². The van der Waals surface area contributed by atoms with Crippen LogP contribution in [0.1, 0.15) is 19.4 Å². The van der Waals surface area contributed by atoms with Gasteiger partial charge >= 0.3 is 0 Å². The molecule has 0 spiro atoms. The Bertz CT molecular complexity index is 942. The quantitative estimate of drug-likeness (QED) is 0.720. The topological polar surface area (TPSA) is 55.0 Å². The molecule has 0 aliphatic heterocycles. The zero-order valence-corrected chi connectivity index (χ0v) is 13.9. The lowest BCUT2D eigenvalue weighted by Crippen LogP contribution is -2.10. The highest BCUT2D eigenvalue weighted by Gasteiger charge is 2.10. The molecule has 0 bridgehead atoms. The van der Waals surface area contributed by atoms with E-state index in [1.165, 1.54) is 0 Å². The summed E-state index contributed by atoms with van der Waals surface area (Å²) in [6.45, 7) is 7.79. The lowest BCUT2D eigenvalue weighted by Gasteiger charge is -2.14. The maximum absolute atomic E-state index is 12.3. The van der Waals surface area contributed by atoms with Crippen LogP contribution in [0, 0.1) is 0 Å². The molecule has 1 N–H and O–H groups in total. The van der Waals surface area contributed by atoms with Crippen LogP contribution >= 0.6 is 0 Å². The van der Waals surface area contributed by atoms with Crippen LogP contribution in [0.4, 0.5) is 0 Å². The number of aromatic nitrogens is 2. The van der Waals surface area contributed by atoms with Gasteiger partial charge in [0.25, 0.3) is 5.56 Å².